The summed E-state index contributed by atoms with van der Waals surface area (Å²) < 4.78 is 17.5. The molecule has 2 atom stereocenters. The van der Waals surface area contributed by atoms with Crippen LogP contribution in [0.1, 0.15) is 41.8 Å². The topological polar surface area (TPSA) is 80.4 Å². The van der Waals surface area contributed by atoms with E-state index in [1.54, 1.807) is 6.26 Å². The van der Waals surface area contributed by atoms with Gasteiger partial charge in [0.25, 0.3) is 0 Å². The molecule has 1 N–H and O–H groups in total. The SMILES string of the molecule is Cc1noc(-c2ccc(-c3ccc(C4(C(=O)O)CC4)cc3)cc2)c1C(C)S(C)=O. The molecule has 0 saturated heterocycles. The Kier molecular flexibility index (Phi) is 4.90. The van der Waals surface area contributed by atoms with Gasteiger partial charge in [0.15, 0.2) is 5.76 Å². The van der Waals surface area contributed by atoms with Gasteiger partial charge in [0, 0.05) is 28.2 Å². The Hall–Kier alpha value is -2.73. The lowest BCUT2D eigenvalue weighted by Gasteiger charge is -2.11. The molecule has 0 amide bonds. The van der Waals surface area contributed by atoms with Gasteiger partial charge in [-0.25, -0.2) is 0 Å². The van der Waals surface area contributed by atoms with Crippen LogP contribution < -0.4 is 0 Å². The van der Waals surface area contributed by atoms with Crippen molar-refractivity contribution >= 4 is 16.8 Å². The van der Waals surface area contributed by atoms with E-state index in [-0.39, 0.29) is 5.25 Å². The van der Waals surface area contributed by atoms with E-state index in [2.05, 4.69) is 5.16 Å². The van der Waals surface area contributed by atoms with Gasteiger partial charge in [-0.15, -0.1) is 0 Å². The van der Waals surface area contributed by atoms with Crippen LogP contribution in [0.15, 0.2) is 53.1 Å². The standard InChI is InChI=1S/C23H23NO4S/c1-14-20(15(2)29(3)27)21(28-24-14)18-6-4-16(5-7-18)17-8-10-19(11-9-17)23(12-13-23)22(25)26/h4-11,15H,12-13H2,1-3H3,(H,25,26). The van der Waals surface area contributed by atoms with Crippen LogP contribution in [0, 0.1) is 6.92 Å². The van der Waals surface area contributed by atoms with Gasteiger partial charge < -0.3 is 9.63 Å². The summed E-state index contributed by atoms with van der Waals surface area (Å²) >= 11 is 0. The smallest absolute Gasteiger partial charge is 0.314 e. The second kappa shape index (κ2) is 7.26. The quantitative estimate of drug-likeness (QED) is 0.628. The number of carbonyl (C=O) groups is 1. The number of hydrogen-bond donors (Lipinski definition) is 1. The van der Waals surface area contributed by atoms with Crippen LogP contribution in [0.2, 0.25) is 0 Å². The number of nitrogens with zero attached hydrogens (tertiary/aromatic N) is 1. The van der Waals surface area contributed by atoms with Gasteiger partial charge in [0.2, 0.25) is 0 Å². The Morgan fingerprint density at radius 3 is 2.07 bits per heavy atom. The number of carboxylic acid groups (broad SMARTS) is 1. The zero-order valence-electron chi connectivity index (χ0n) is 16.6. The van der Waals surface area contributed by atoms with Crippen LogP contribution in [-0.2, 0) is 21.0 Å². The van der Waals surface area contributed by atoms with E-state index in [1.807, 2.05) is 62.4 Å². The average Bonchev–Trinajstić information content (AvgIpc) is 3.45. The van der Waals surface area contributed by atoms with E-state index in [0.717, 1.165) is 33.5 Å². The first-order chi connectivity index (χ1) is 13.8. The van der Waals surface area contributed by atoms with Crippen LogP contribution in [0.5, 0.6) is 0 Å². The molecule has 2 unspecified atom stereocenters. The summed E-state index contributed by atoms with van der Waals surface area (Å²) in [4.78, 5) is 11.5. The molecule has 29 heavy (non-hydrogen) atoms. The van der Waals surface area contributed by atoms with Crippen molar-refractivity contribution in [1.29, 1.82) is 0 Å². The molecule has 0 bridgehead atoms. The van der Waals surface area contributed by atoms with Crippen molar-refractivity contribution < 1.29 is 18.6 Å². The minimum atomic E-state index is -1.02. The molecule has 1 heterocycles. The summed E-state index contributed by atoms with van der Waals surface area (Å²) in [6.07, 6.45) is 3.09. The number of benzene rings is 2. The van der Waals surface area contributed by atoms with Gasteiger partial charge in [-0.3, -0.25) is 9.00 Å². The summed E-state index contributed by atoms with van der Waals surface area (Å²) in [7, 11) is -1.02. The number of hydrogen-bond acceptors (Lipinski definition) is 4. The second-order valence-electron chi connectivity index (χ2n) is 7.69. The van der Waals surface area contributed by atoms with Crippen LogP contribution in [-0.4, -0.2) is 26.7 Å². The van der Waals surface area contributed by atoms with Gasteiger partial charge in [0.05, 0.1) is 16.4 Å². The molecule has 1 aliphatic rings. The molecule has 1 aromatic heterocycles. The van der Waals surface area contributed by atoms with Gasteiger partial charge >= 0.3 is 5.97 Å². The van der Waals surface area contributed by atoms with Gasteiger partial charge in [0.1, 0.15) is 0 Å². The largest absolute Gasteiger partial charge is 0.481 e. The molecule has 5 nitrogen and oxygen atoms in total. The molecule has 0 aliphatic heterocycles. The maximum Gasteiger partial charge on any atom is 0.314 e. The molecule has 1 fully saturated rings. The van der Waals surface area contributed by atoms with E-state index >= 15 is 0 Å². The highest BCUT2D eigenvalue weighted by molar-refractivity contribution is 7.84. The van der Waals surface area contributed by atoms with Crippen LogP contribution in [0.3, 0.4) is 0 Å². The van der Waals surface area contributed by atoms with E-state index in [0.29, 0.717) is 18.6 Å². The van der Waals surface area contributed by atoms with E-state index in [1.165, 1.54) is 0 Å². The second-order valence-corrected chi connectivity index (χ2v) is 9.40. The Morgan fingerprint density at radius 2 is 1.59 bits per heavy atom. The van der Waals surface area contributed by atoms with E-state index in [9.17, 15) is 14.1 Å². The fourth-order valence-corrected chi connectivity index (χ4v) is 4.39. The fraction of sp³-hybridized carbons (Fsp3) is 0.304. The van der Waals surface area contributed by atoms with Crippen molar-refractivity contribution in [3.8, 4) is 22.5 Å². The highest BCUT2D eigenvalue weighted by Gasteiger charge is 2.51. The van der Waals surface area contributed by atoms with E-state index < -0.39 is 22.2 Å². The number of aliphatic carboxylic acids is 1. The molecule has 1 aliphatic carbocycles. The molecule has 0 spiro atoms. The minimum Gasteiger partial charge on any atom is -0.481 e. The average molecular weight is 410 g/mol. The van der Waals surface area contributed by atoms with Crippen LogP contribution in [0.25, 0.3) is 22.5 Å². The van der Waals surface area contributed by atoms with Gasteiger partial charge in [-0.05, 0) is 43.4 Å². The monoisotopic (exact) mass is 409 g/mol. The molecule has 0 radical (unpaired) electrons. The highest BCUT2D eigenvalue weighted by atomic mass is 32.2. The molecule has 3 aromatic rings. The minimum absolute atomic E-state index is 0.160. The Balaban J connectivity index is 1.61. The molecule has 1 saturated carbocycles. The van der Waals surface area contributed by atoms with Gasteiger partial charge in [-0.1, -0.05) is 53.7 Å². The van der Waals surface area contributed by atoms with Crippen molar-refractivity contribution in [2.45, 2.75) is 37.4 Å². The third-order valence-electron chi connectivity index (χ3n) is 5.89. The summed E-state index contributed by atoms with van der Waals surface area (Å²) in [6, 6.07) is 15.7. The van der Waals surface area contributed by atoms with Crippen molar-refractivity contribution in [3.05, 3.63) is 65.4 Å². The summed E-state index contributed by atoms with van der Waals surface area (Å²) in [5.41, 5.74) is 4.78. The third-order valence-corrected chi connectivity index (χ3v) is 7.12. The molecular weight excluding hydrogens is 386 g/mol. The third kappa shape index (κ3) is 3.42. The molecule has 6 heteroatoms. The number of aromatic nitrogens is 1. The summed E-state index contributed by atoms with van der Waals surface area (Å²) in [5.74, 6) is -0.0840. The van der Waals surface area contributed by atoms with Gasteiger partial charge in [-0.2, -0.15) is 0 Å². The van der Waals surface area contributed by atoms with E-state index in [4.69, 9.17) is 4.52 Å². The summed E-state index contributed by atoms with van der Waals surface area (Å²) in [5, 5.41) is 13.4. The van der Waals surface area contributed by atoms with Crippen molar-refractivity contribution in [2.24, 2.45) is 0 Å². The predicted molar refractivity (Wildman–Crippen MR) is 113 cm³/mol. The maximum atomic E-state index is 12.0. The Bertz CT molecular complexity index is 1080. The van der Waals surface area contributed by atoms with Crippen LogP contribution >= 0.6 is 0 Å². The lowest BCUT2D eigenvalue weighted by molar-refractivity contribution is -0.140. The maximum absolute atomic E-state index is 12.0. The van der Waals surface area contributed by atoms with Crippen molar-refractivity contribution in [3.63, 3.8) is 0 Å². The number of carboxylic acids is 1. The van der Waals surface area contributed by atoms with Crippen LogP contribution in [0.4, 0.5) is 0 Å². The molecule has 150 valence electrons. The summed E-state index contributed by atoms with van der Waals surface area (Å²) in [6.45, 7) is 3.78. The molecule has 4 rings (SSSR count). The number of aryl methyl sites for hydroxylation is 1. The normalized spacial score (nSPS) is 16.9. The fourth-order valence-electron chi connectivity index (χ4n) is 3.78. The number of rotatable bonds is 6. The lowest BCUT2D eigenvalue weighted by Crippen LogP contribution is -2.19. The highest BCUT2D eigenvalue weighted by Crippen LogP contribution is 2.48. The first kappa shape index (κ1) is 19.6. The Morgan fingerprint density at radius 1 is 1.07 bits per heavy atom. The Labute approximate surface area is 172 Å². The molecular formula is C23H23NO4S. The van der Waals surface area contributed by atoms with Crippen molar-refractivity contribution in [1.82, 2.24) is 5.16 Å². The lowest BCUT2D eigenvalue weighted by atomic mass is 9.93. The molecule has 2 aromatic carbocycles. The first-order valence-electron chi connectivity index (χ1n) is 9.56. The van der Waals surface area contributed by atoms with Crippen molar-refractivity contribution in [2.75, 3.05) is 6.26 Å². The predicted octanol–water partition coefficient (Wildman–Crippen LogP) is 4.87. The zero-order valence-corrected chi connectivity index (χ0v) is 17.5. The zero-order chi connectivity index (χ0) is 20.8. The first-order valence-corrected chi connectivity index (χ1v) is 11.2.